The van der Waals surface area contributed by atoms with Crippen LogP contribution in [0.2, 0.25) is 0 Å². The van der Waals surface area contributed by atoms with E-state index in [1.807, 2.05) is 61.2 Å². The van der Waals surface area contributed by atoms with Gasteiger partial charge in [0.2, 0.25) is 5.91 Å². The number of aryl methyl sites for hydroxylation is 1. The number of benzene rings is 1. The number of carbonyl (C=O) groups excluding carboxylic acids is 2. The number of carbonyl (C=O) groups is 2. The van der Waals surface area contributed by atoms with E-state index in [9.17, 15) is 9.59 Å². The van der Waals surface area contributed by atoms with Crippen LogP contribution in [0.5, 0.6) is 0 Å². The highest BCUT2D eigenvalue weighted by molar-refractivity contribution is 5.95. The first kappa shape index (κ1) is 18.0. The van der Waals surface area contributed by atoms with Crippen LogP contribution >= 0.6 is 0 Å². The molecule has 2 amide bonds. The van der Waals surface area contributed by atoms with Crippen LogP contribution in [-0.2, 0) is 11.8 Å². The fourth-order valence-corrected chi connectivity index (χ4v) is 3.06. The van der Waals surface area contributed by atoms with E-state index in [0.717, 1.165) is 11.4 Å². The summed E-state index contributed by atoms with van der Waals surface area (Å²) in [6.45, 7) is 6.13. The smallest absolute Gasteiger partial charge is 0.254 e. The zero-order chi connectivity index (χ0) is 18.7. The van der Waals surface area contributed by atoms with Gasteiger partial charge >= 0.3 is 0 Å². The second kappa shape index (κ2) is 7.59. The molecule has 0 radical (unpaired) electrons. The third-order valence-corrected chi connectivity index (χ3v) is 4.48. The van der Waals surface area contributed by atoms with Gasteiger partial charge in [-0.3, -0.25) is 14.3 Å². The van der Waals surface area contributed by atoms with Crippen LogP contribution in [0.1, 0.15) is 24.2 Å². The summed E-state index contributed by atoms with van der Waals surface area (Å²) < 4.78 is 1.72. The first-order valence-corrected chi connectivity index (χ1v) is 8.88. The molecule has 0 unspecified atom stereocenters. The maximum absolute atomic E-state index is 12.8. The molecule has 0 spiro atoms. The molecule has 0 atom stereocenters. The van der Waals surface area contributed by atoms with Gasteiger partial charge in [0, 0.05) is 56.6 Å². The minimum atomic E-state index is -0.00696. The van der Waals surface area contributed by atoms with Crippen molar-refractivity contribution >= 4 is 23.2 Å². The minimum Gasteiger partial charge on any atom is -0.353 e. The van der Waals surface area contributed by atoms with E-state index in [1.54, 1.807) is 10.9 Å². The Morgan fingerprint density at radius 3 is 2.38 bits per heavy atom. The van der Waals surface area contributed by atoms with Crippen molar-refractivity contribution in [1.82, 2.24) is 19.6 Å². The number of nitrogens with zero attached hydrogens (tertiary/aromatic N) is 4. The Morgan fingerprint density at radius 2 is 1.77 bits per heavy atom. The third kappa shape index (κ3) is 4.04. The summed E-state index contributed by atoms with van der Waals surface area (Å²) >= 11 is 0. The van der Waals surface area contributed by atoms with Crippen molar-refractivity contribution in [2.75, 3.05) is 31.5 Å². The first-order chi connectivity index (χ1) is 12.4. The topological polar surface area (TPSA) is 70.5 Å². The summed E-state index contributed by atoms with van der Waals surface area (Å²) in [5.74, 6) is 0.142. The summed E-state index contributed by atoms with van der Waals surface area (Å²) in [6, 6.07) is 7.46. The van der Waals surface area contributed by atoms with Crippen LogP contribution < -0.4 is 5.32 Å². The van der Waals surface area contributed by atoms with Crippen molar-refractivity contribution in [2.24, 2.45) is 13.0 Å². The van der Waals surface area contributed by atoms with E-state index < -0.39 is 0 Å². The Labute approximate surface area is 153 Å². The molecular formula is C19H25N5O2. The standard InChI is InChI=1S/C19H25N5O2/c1-14(2)18(25)23-7-9-24(10-8-23)19(26)15-5-4-6-16(11-15)21-17-12-20-22(3)13-17/h4-6,11-14,21H,7-10H2,1-3H3. The Kier molecular flexibility index (Phi) is 5.25. The molecule has 3 rings (SSSR count). The average Bonchev–Trinajstić information content (AvgIpc) is 3.05. The van der Waals surface area contributed by atoms with Crippen molar-refractivity contribution in [3.05, 3.63) is 42.2 Å². The lowest BCUT2D eigenvalue weighted by atomic mass is 10.1. The van der Waals surface area contributed by atoms with Crippen molar-refractivity contribution in [3.8, 4) is 0 Å². The van der Waals surface area contributed by atoms with Gasteiger partial charge in [-0.1, -0.05) is 19.9 Å². The quantitative estimate of drug-likeness (QED) is 0.912. The number of amides is 2. The monoisotopic (exact) mass is 355 g/mol. The van der Waals surface area contributed by atoms with Crippen LogP contribution in [0, 0.1) is 5.92 Å². The van der Waals surface area contributed by atoms with Crippen molar-refractivity contribution < 1.29 is 9.59 Å². The maximum atomic E-state index is 12.8. The van der Waals surface area contributed by atoms with Crippen molar-refractivity contribution in [2.45, 2.75) is 13.8 Å². The van der Waals surface area contributed by atoms with Gasteiger partial charge in [0.1, 0.15) is 0 Å². The SMILES string of the molecule is CC(C)C(=O)N1CCN(C(=O)c2cccc(Nc3cnn(C)c3)c2)CC1. The number of anilines is 2. The summed E-state index contributed by atoms with van der Waals surface area (Å²) in [6.07, 6.45) is 3.61. The highest BCUT2D eigenvalue weighted by Gasteiger charge is 2.26. The molecule has 138 valence electrons. The lowest BCUT2D eigenvalue weighted by Crippen LogP contribution is -2.51. The summed E-state index contributed by atoms with van der Waals surface area (Å²) in [5, 5.41) is 7.37. The van der Waals surface area contributed by atoms with Gasteiger partial charge < -0.3 is 15.1 Å². The zero-order valence-corrected chi connectivity index (χ0v) is 15.5. The summed E-state index contributed by atoms with van der Waals surface area (Å²) in [5.41, 5.74) is 2.36. The minimum absolute atomic E-state index is 0.00326. The number of nitrogens with one attached hydrogen (secondary N) is 1. The molecule has 1 aliphatic rings. The predicted molar refractivity (Wildman–Crippen MR) is 100 cm³/mol. The lowest BCUT2D eigenvalue weighted by Gasteiger charge is -2.35. The molecule has 1 aliphatic heterocycles. The fraction of sp³-hybridized carbons (Fsp3) is 0.421. The second-order valence-corrected chi connectivity index (χ2v) is 6.88. The van der Waals surface area contributed by atoms with E-state index in [0.29, 0.717) is 31.7 Å². The Morgan fingerprint density at radius 1 is 1.08 bits per heavy atom. The largest absolute Gasteiger partial charge is 0.353 e. The van der Waals surface area contributed by atoms with Gasteiger partial charge in [-0.15, -0.1) is 0 Å². The molecular weight excluding hydrogens is 330 g/mol. The predicted octanol–water partition coefficient (Wildman–Crippen LogP) is 2.10. The number of hydrogen-bond acceptors (Lipinski definition) is 4. The molecule has 2 aromatic rings. The Hall–Kier alpha value is -2.83. The molecule has 7 heteroatoms. The molecule has 7 nitrogen and oxygen atoms in total. The lowest BCUT2D eigenvalue weighted by molar-refractivity contribution is -0.135. The third-order valence-electron chi connectivity index (χ3n) is 4.48. The number of rotatable bonds is 4. The van der Waals surface area contributed by atoms with Gasteiger partial charge in [-0.05, 0) is 18.2 Å². The van der Waals surface area contributed by atoms with E-state index in [2.05, 4.69) is 10.4 Å². The highest BCUT2D eigenvalue weighted by atomic mass is 16.2. The second-order valence-electron chi connectivity index (χ2n) is 6.88. The molecule has 26 heavy (non-hydrogen) atoms. The van der Waals surface area contributed by atoms with Crippen molar-refractivity contribution in [3.63, 3.8) is 0 Å². The van der Waals surface area contributed by atoms with Crippen LogP contribution in [-0.4, -0.2) is 57.6 Å². The van der Waals surface area contributed by atoms with Gasteiger partial charge in [0.15, 0.2) is 0 Å². The molecule has 1 aromatic heterocycles. The van der Waals surface area contributed by atoms with E-state index >= 15 is 0 Å². The molecule has 1 N–H and O–H groups in total. The molecule has 1 saturated heterocycles. The van der Waals surface area contributed by atoms with Crippen LogP contribution in [0.4, 0.5) is 11.4 Å². The Bertz CT molecular complexity index is 791. The fourth-order valence-electron chi connectivity index (χ4n) is 3.06. The molecule has 0 saturated carbocycles. The van der Waals surface area contributed by atoms with Crippen LogP contribution in [0.15, 0.2) is 36.7 Å². The molecule has 1 fully saturated rings. The maximum Gasteiger partial charge on any atom is 0.254 e. The highest BCUT2D eigenvalue weighted by Crippen LogP contribution is 2.19. The zero-order valence-electron chi connectivity index (χ0n) is 15.5. The van der Waals surface area contributed by atoms with Crippen LogP contribution in [0.25, 0.3) is 0 Å². The van der Waals surface area contributed by atoms with E-state index in [4.69, 9.17) is 0 Å². The summed E-state index contributed by atoms with van der Waals surface area (Å²) in [7, 11) is 1.86. The first-order valence-electron chi connectivity index (χ1n) is 8.88. The van der Waals surface area contributed by atoms with Gasteiger partial charge in [-0.25, -0.2) is 0 Å². The number of hydrogen-bond donors (Lipinski definition) is 1. The van der Waals surface area contributed by atoms with Gasteiger partial charge in [0.25, 0.3) is 5.91 Å². The number of aromatic nitrogens is 2. The molecule has 1 aromatic carbocycles. The van der Waals surface area contributed by atoms with Crippen LogP contribution in [0.3, 0.4) is 0 Å². The van der Waals surface area contributed by atoms with E-state index in [-0.39, 0.29) is 17.7 Å². The summed E-state index contributed by atoms with van der Waals surface area (Å²) in [4.78, 5) is 28.5. The normalized spacial score (nSPS) is 14.6. The molecule has 0 aliphatic carbocycles. The van der Waals surface area contributed by atoms with Gasteiger partial charge in [0.05, 0.1) is 11.9 Å². The van der Waals surface area contributed by atoms with E-state index in [1.165, 1.54) is 0 Å². The average molecular weight is 355 g/mol. The molecule has 2 heterocycles. The van der Waals surface area contributed by atoms with Gasteiger partial charge in [-0.2, -0.15) is 5.10 Å². The molecule has 0 bridgehead atoms. The number of piperazine rings is 1. The van der Waals surface area contributed by atoms with Crippen molar-refractivity contribution in [1.29, 1.82) is 0 Å². The Balaban J connectivity index is 1.63.